The highest BCUT2D eigenvalue weighted by molar-refractivity contribution is 4.71. The molecule has 0 unspecified atom stereocenters. The third kappa shape index (κ3) is 2.55. The average Bonchev–Trinajstić information content (AvgIpc) is 2.50. The average molecular weight is 171 g/mol. The second-order valence-corrected chi connectivity index (χ2v) is 2.23. The lowest BCUT2D eigenvalue weighted by Gasteiger charge is -1.93. The van der Waals surface area contributed by atoms with Crippen LogP contribution in [0.1, 0.15) is 12.7 Å². The quantitative estimate of drug-likeness (QED) is 0.625. The van der Waals surface area contributed by atoms with Gasteiger partial charge in [0, 0.05) is 13.2 Å². The number of ether oxygens (including phenoxy) is 1. The molecular weight excluding hydrogens is 158 g/mol. The van der Waals surface area contributed by atoms with Crippen molar-refractivity contribution in [2.24, 2.45) is 5.73 Å². The molecule has 68 valence electrons. The van der Waals surface area contributed by atoms with Gasteiger partial charge in [-0.25, -0.2) is 0 Å². The van der Waals surface area contributed by atoms with Crippen molar-refractivity contribution in [1.82, 2.24) is 20.2 Å². The van der Waals surface area contributed by atoms with Crippen LogP contribution in [0, 0.1) is 0 Å². The first kappa shape index (κ1) is 9.08. The van der Waals surface area contributed by atoms with Crippen molar-refractivity contribution >= 4 is 0 Å². The van der Waals surface area contributed by atoms with Crippen LogP contribution in [0.3, 0.4) is 0 Å². The van der Waals surface area contributed by atoms with E-state index in [1.54, 1.807) is 0 Å². The van der Waals surface area contributed by atoms with Crippen LogP contribution in [-0.4, -0.2) is 33.4 Å². The molecule has 1 aromatic heterocycles. The molecule has 0 aromatic carbocycles. The third-order valence-corrected chi connectivity index (χ3v) is 1.26. The SMILES string of the molecule is CCOCc1nnn(CCN)n1. The highest BCUT2D eigenvalue weighted by Crippen LogP contribution is 1.89. The first-order chi connectivity index (χ1) is 5.86. The van der Waals surface area contributed by atoms with Gasteiger partial charge in [0.05, 0.1) is 6.54 Å². The summed E-state index contributed by atoms with van der Waals surface area (Å²) in [5.41, 5.74) is 5.31. The first-order valence-electron chi connectivity index (χ1n) is 3.91. The molecule has 6 heteroatoms. The molecule has 6 nitrogen and oxygen atoms in total. The Hall–Kier alpha value is -1.01. The minimum absolute atomic E-state index is 0.418. The Morgan fingerprint density at radius 1 is 1.58 bits per heavy atom. The van der Waals surface area contributed by atoms with Gasteiger partial charge in [-0.2, -0.15) is 4.80 Å². The lowest BCUT2D eigenvalue weighted by molar-refractivity contribution is 0.128. The molecule has 2 N–H and O–H groups in total. The largest absolute Gasteiger partial charge is 0.374 e. The molecule has 0 fully saturated rings. The fourth-order valence-corrected chi connectivity index (χ4v) is 0.738. The predicted octanol–water partition coefficient (Wildman–Crippen LogP) is -0.832. The van der Waals surface area contributed by atoms with Gasteiger partial charge < -0.3 is 10.5 Å². The molecule has 12 heavy (non-hydrogen) atoms. The van der Waals surface area contributed by atoms with E-state index in [-0.39, 0.29) is 0 Å². The molecule has 0 spiro atoms. The summed E-state index contributed by atoms with van der Waals surface area (Å²) in [5.74, 6) is 0.602. The maximum absolute atomic E-state index is 5.31. The minimum Gasteiger partial charge on any atom is -0.374 e. The molecule has 1 heterocycles. The fraction of sp³-hybridized carbons (Fsp3) is 0.833. The molecule has 1 aromatic rings. The number of tetrazole rings is 1. The van der Waals surface area contributed by atoms with Gasteiger partial charge in [-0.15, -0.1) is 10.2 Å². The zero-order valence-corrected chi connectivity index (χ0v) is 7.10. The van der Waals surface area contributed by atoms with E-state index in [1.165, 1.54) is 4.80 Å². The molecule has 0 aliphatic carbocycles. The lowest BCUT2D eigenvalue weighted by atomic mass is 10.7. The van der Waals surface area contributed by atoms with Crippen LogP contribution < -0.4 is 5.73 Å². The number of hydrogen-bond donors (Lipinski definition) is 1. The van der Waals surface area contributed by atoms with Gasteiger partial charge in [-0.05, 0) is 12.1 Å². The van der Waals surface area contributed by atoms with Crippen LogP contribution in [0.4, 0.5) is 0 Å². The van der Waals surface area contributed by atoms with Crippen LogP contribution in [0.25, 0.3) is 0 Å². The van der Waals surface area contributed by atoms with E-state index >= 15 is 0 Å². The molecule has 0 bridgehead atoms. The van der Waals surface area contributed by atoms with Crippen molar-refractivity contribution in [1.29, 1.82) is 0 Å². The molecule has 0 saturated heterocycles. The fourth-order valence-electron chi connectivity index (χ4n) is 0.738. The topological polar surface area (TPSA) is 78.9 Å². The summed E-state index contributed by atoms with van der Waals surface area (Å²) < 4.78 is 5.10. The molecule has 0 radical (unpaired) electrons. The van der Waals surface area contributed by atoms with Crippen molar-refractivity contribution < 1.29 is 4.74 Å². The van der Waals surface area contributed by atoms with Gasteiger partial charge in [-0.1, -0.05) is 0 Å². The highest BCUT2D eigenvalue weighted by Gasteiger charge is 2.00. The molecule has 0 atom stereocenters. The second kappa shape index (κ2) is 4.78. The Morgan fingerprint density at radius 2 is 2.42 bits per heavy atom. The summed E-state index contributed by atoms with van der Waals surface area (Å²) in [4.78, 5) is 1.47. The van der Waals surface area contributed by atoms with Crippen LogP contribution in [0.5, 0.6) is 0 Å². The first-order valence-corrected chi connectivity index (χ1v) is 3.91. The van der Waals surface area contributed by atoms with Crippen LogP contribution in [0.2, 0.25) is 0 Å². The Balaban J connectivity index is 2.41. The zero-order valence-electron chi connectivity index (χ0n) is 7.10. The number of rotatable bonds is 5. The Bertz CT molecular complexity index is 223. The lowest BCUT2D eigenvalue weighted by Crippen LogP contribution is -2.12. The second-order valence-electron chi connectivity index (χ2n) is 2.23. The maximum atomic E-state index is 5.31. The van der Waals surface area contributed by atoms with E-state index in [0.717, 1.165) is 0 Å². The Labute approximate surface area is 70.7 Å². The number of nitrogens with zero attached hydrogens (tertiary/aromatic N) is 4. The summed E-state index contributed by atoms with van der Waals surface area (Å²) in [6, 6.07) is 0. The minimum atomic E-state index is 0.418. The Kier molecular flexibility index (Phi) is 3.62. The molecule has 1 rings (SSSR count). The molecule has 0 aliphatic heterocycles. The summed E-state index contributed by atoms with van der Waals surface area (Å²) in [7, 11) is 0. The summed E-state index contributed by atoms with van der Waals surface area (Å²) in [6.07, 6.45) is 0. The predicted molar refractivity (Wildman–Crippen MR) is 42.2 cm³/mol. The van der Waals surface area contributed by atoms with Crippen LogP contribution in [0.15, 0.2) is 0 Å². The molecule has 0 aliphatic rings. The highest BCUT2D eigenvalue weighted by atomic mass is 16.5. The van der Waals surface area contributed by atoms with Crippen molar-refractivity contribution in [3.05, 3.63) is 5.82 Å². The van der Waals surface area contributed by atoms with E-state index in [2.05, 4.69) is 15.4 Å². The number of nitrogens with two attached hydrogens (primary N) is 1. The summed E-state index contributed by atoms with van der Waals surface area (Å²) >= 11 is 0. The standard InChI is InChI=1S/C6H13N5O/c1-2-12-5-6-8-10-11(9-6)4-3-7/h2-5,7H2,1H3. The van der Waals surface area contributed by atoms with Crippen molar-refractivity contribution in [3.63, 3.8) is 0 Å². The van der Waals surface area contributed by atoms with Crippen molar-refractivity contribution in [2.45, 2.75) is 20.1 Å². The van der Waals surface area contributed by atoms with E-state index < -0.39 is 0 Å². The van der Waals surface area contributed by atoms with Gasteiger partial charge in [0.15, 0.2) is 5.82 Å². The van der Waals surface area contributed by atoms with Gasteiger partial charge in [0.2, 0.25) is 0 Å². The summed E-state index contributed by atoms with van der Waals surface area (Å²) in [6.45, 7) is 4.11. The molecular formula is C6H13N5O. The maximum Gasteiger partial charge on any atom is 0.200 e. The number of aromatic nitrogens is 4. The van der Waals surface area contributed by atoms with Gasteiger partial charge in [-0.3, -0.25) is 0 Å². The molecule has 0 amide bonds. The van der Waals surface area contributed by atoms with Gasteiger partial charge in [0.1, 0.15) is 6.61 Å². The third-order valence-electron chi connectivity index (χ3n) is 1.26. The monoisotopic (exact) mass is 171 g/mol. The Morgan fingerprint density at radius 3 is 3.08 bits per heavy atom. The van der Waals surface area contributed by atoms with Crippen molar-refractivity contribution in [2.75, 3.05) is 13.2 Å². The van der Waals surface area contributed by atoms with E-state index in [4.69, 9.17) is 10.5 Å². The zero-order chi connectivity index (χ0) is 8.81. The smallest absolute Gasteiger partial charge is 0.200 e. The normalized spacial score (nSPS) is 10.5. The summed E-state index contributed by atoms with van der Waals surface area (Å²) in [5, 5.41) is 11.6. The van der Waals surface area contributed by atoms with Gasteiger partial charge in [0.25, 0.3) is 0 Å². The van der Waals surface area contributed by atoms with Crippen molar-refractivity contribution in [3.8, 4) is 0 Å². The van der Waals surface area contributed by atoms with Crippen LogP contribution in [-0.2, 0) is 17.9 Å². The number of hydrogen-bond acceptors (Lipinski definition) is 5. The van der Waals surface area contributed by atoms with Crippen LogP contribution >= 0.6 is 0 Å². The van der Waals surface area contributed by atoms with E-state index in [9.17, 15) is 0 Å². The van der Waals surface area contributed by atoms with E-state index in [1.807, 2.05) is 6.92 Å². The van der Waals surface area contributed by atoms with E-state index in [0.29, 0.717) is 32.1 Å². The molecule has 0 saturated carbocycles. The van der Waals surface area contributed by atoms with Gasteiger partial charge >= 0.3 is 0 Å².